The number of aliphatic carboxylic acids is 1. The summed E-state index contributed by atoms with van der Waals surface area (Å²) in [5, 5.41) is 8.04. The van der Waals surface area contributed by atoms with Gasteiger partial charge in [0.05, 0.1) is 0 Å². The van der Waals surface area contributed by atoms with Crippen molar-refractivity contribution in [2.24, 2.45) is 0 Å². The third kappa shape index (κ3) is 8.82. The molecular formula is C3H6NaO2. The molecule has 1 N–H and O–H groups in total. The summed E-state index contributed by atoms with van der Waals surface area (Å²) in [5.74, 6) is -1.97. The molecule has 0 saturated carbocycles. The van der Waals surface area contributed by atoms with Crippen LogP contribution in [0.2, 0.25) is 0 Å². The summed E-state index contributed by atoms with van der Waals surface area (Å²) in [5.41, 5.74) is 0. The first-order valence-corrected chi connectivity index (χ1v) is 0.928. The molecule has 0 aliphatic heterocycles. The molecule has 1 radical (unpaired) electrons. The third-order valence-corrected chi connectivity index (χ3v) is 0.107. The number of hydrogen-bond donors (Lipinski definition) is 1. The van der Waals surface area contributed by atoms with E-state index in [-0.39, 0.29) is 29.6 Å². The molecule has 0 aliphatic carbocycles. The van der Waals surface area contributed by atoms with E-state index in [4.69, 9.17) is 12.0 Å². The maximum Gasteiger partial charge on any atom is 0.303 e. The first kappa shape index (κ1) is 2.16. The number of rotatable bonds is 1. The number of carboxylic acids is 1. The van der Waals surface area contributed by atoms with E-state index in [1.165, 1.54) is 0 Å². The van der Waals surface area contributed by atoms with Gasteiger partial charge in [-0.2, -0.15) is 0 Å². The van der Waals surface area contributed by atoms with Gasteiger partial charge in [0, 0.05) is 42.8 Å². The molecule has 0 rings (SSSR count). The molecule has 31 valence electrons. The maximum absolute atomic E-state index is 9.93. The average Bonchev–Trinajstić information content (AvgIpc) is 1.62. The van der Waals surface area contributed by atoms with Crippen LogP contribution >= 0.6 is 0 Å². The Labute approximate surface area is 65.9 Å². The molecule has 0 heterocycles. The Kier molecular flexibility index (Phi) is 1.97. The molecule has 0 spiro atoms. The van der Waals surface area contributed by atoms with Gasteiger partial charge in [0.1, 0.15) is 0 Å². The monoisotopic (exact) mass is 102 g/mol. The van der Waals surface area contributed by atoms with Crippen molar-refractivity contribution in [1.29, 1.82) is 0 Å². The summed E-state index contributed by atoms with van der Waals surface area (Å²) in [6.07, 6.45) is -3.15. The van der Waals surface area contributed by atoms with Crippen LogP contribution in [-0.4, -0.2) is 40.6 Å². The van der Waals surface area contributed by atoms with Gasteiger partial charge in [0.25, 0.3) is 0 Å². The van der Waals surface area contributed by atoms with Gasteiger partial charge in [-0.25, -0.2) is 0 Å². The molecule has 3 heteroatoms. The second-order valence-electron chi connectivity index (χ2n) is 0.430. The molecule has 0 aromatic heterocycles. The summed E-state index contributed by atoms with van der Waals surface area (Å²) in [6.45, 7) is -3.10. The van der Waals surface area contributed by atoms with E-state index < -0.39 is 19.2 Å². The molecule has 0 amide bonds. The topological polar surface area (TPSA) is 37.3 Å². The largest absolute Gasteiger partial charge is 0.481 e. The van der Waals surface area contributed by atoms with E-state index in [2.05, 4.69) is 0 Å². The van der Waals surface area contributed by atoms with Gasteiger partial charge in [-0.3, -0.25) is 4.79 Å². The molecule has 2 nitrogen and oxygen atoms in total. The Morgan fingerprint density at radius 2 is 2.83 bits per heavy atom. The number of carboxylic acid groups (broad SMARTS) is 1. The van der Waals surface area contributed by atoms with E-state index in [0.29, 0.717) is 0 Å². The zero-order valence-corrected chi connectivity index (χ0v) is 5.36. The van der Waals surface area contributed by atoms with Crippen molar-refractivity contribution in [3.05, 3.63) is 0 Å². The summed E-state index contributed by atoms with van der Waals surface area (Å²) in [4.78, 5) is 9.93. The van der Waals surface area contributed by atoms with E-state index in [9.17, 15) is 4.79 Å². The van der Waals surface area contributed by atoms with Crippen molar-refractivity contribution in [2.45, 2.75) is 13.2 Å². The van der Waals surface area contributed by atoms with Crippen LogP contribution in [0.3, 0.4) is 0 Å². The van der Waals surface area contributed by atoms with Crippen molar-refractivity contribution < 1.29 is 16.8 Å². The number of carbonyl (C=O) groups is 1. The van der Waals surface area contributed by atoms with E-state index >= 15 is 0 Å². The quantitative estimate of drug-likeness (QED) is 0.477. The standard InChI is InChI=1S/C3H6O2.Na/c1-2-3(4)5;/h2H2,1H3,(H,4,5);/i1D3,2D2;. The minimum Gasteiger partial charge on any atom is -0.481 e. The fraction of sp³-hybridized carbons (Fsp3) is 0.667. The van der Waals surface area contributed by atoms with Crippen molar-refractivity contribution in [3.63, 3.8) is 0 Å². The second kappa shape index (κ2) is 5.47. The van der Waals surface area contributed by atoms with Crippen molar-refractivity contribution >= 4 is 35.5 Å². The zero-order chi connectivity index (χ0) is 8.58. The Morgan fingerprint density at radius 1 is 2.33 bits per heavy atom. The Balaban J connectivity index is 0. The normalized spacial score (nSPS) is 23.0. The van der Waals surface area contributed by atoms with E-state index in [1.807, 2.05) is 0 Å². The predicted molar refractivity (Wildman–Crippen MR) is 23.7 cm³/mol. The summed E-state index contributed by atoms with van der Waals surface area (Å²) >= 11 is 0. The van der Waals surface area contributed by atoms with Gasteiger partial charge in [0.2, 0.25) is 0 Å². The summed E-state index contributed by atoms with van der Waals surface area (Å²) < 4.78 is 32.4. The zero-order valence-electron chi connectivity index (χ0n) is 8.36. The van der Waals surface area contributed by atoms with Gasteiger partial charge in [-0.15, -0.1) is 0 Å². The Morgan fingerprint density at radius 3 is 2.83 bits per heavy atom. The molecule has 0 aromatic carbocycles. The first-order chi connectivity index (χ1) is 4.19. The van der Waals surface area contributed by atoms with Crippen LogP contribution in [0.15, 0.2) is 0 Å². The van der Waals surface area contributed by atoms with Gasteiger partial charge in [-0.1, -0.05) is 6.85 Å². The molecule has 0 aromatic rings. The molecule has 0 unspecified atom stereocenters. The molecule has 0 atom stereocenters. The van der Waals surface area contributed by atoms with E-state index in [1.54, 1.807) is 0 Å². The molecule has 0 aliphatic rings. The molecule has 0 saturated heterocycles. The minimum atomic E-state index is -3.15. The first-order valence-electron chi connectivity index (χ1n) is 3.43. The van der Waals surface area contributed by atoms with Crippen LogP contribution in [0, 0.1) is 0 Å². The average molecular weight is 102 g/mol. The van der Waals surface area contributed by atoms with Crippen LogP contribution in [0.25, 0.3) is 0 Å². The van der Waals surface area contributed by atoms with Crippen LogP contribution in [-0.2, 0) is 4.79 Å². The second-order valence-corrected chi connectivity index (χ2v) is 0.430. The number of hydrogen-bond acceptors (Lipinski definition) is 1. The van der Waals surface area contributed by atoms with Gasteiger partial charge in [-0.05, 0) is 0 Å². The van der Waals surface area contributed by atoms with E-state index in [0.717, 1.165) is 0 Å². The summed E-state index contributed by atoms with van der Waals surface area (Å²) in [6, 6.07) is 0. The van der Waals surface area contributed by atoms with Gasteiger partial charge in [0.15, 0.2) is 0 Å². The van der Waals surface area contributed by atoms with Crippen LogP contribution in [0.5, 0.6) is 0 Å². The minimum absolute atomic E-state index is 0. The fourth-order valence-electron chi connectivity index (χ4n) is 0. The molecule has 6 heavy (non-hydrogen) atoms. The third-order valence-electron chi connectivity index (χ3n) is 0.107. The SMILES string of the molecule is [2H]C([2H])([2H])C([2H])([2H])C(=O)O.[Na]. The fourth-order valence-corrected chi connectivity index (χ4v) is 0. The maximum atomic E-state index is 9.93. The van der Waals surface area contributed by atoms with Crippen molar-refractivity contribution in [1.82, 2.24) is 0 Å². The van der Waals surface area contributed by atoms with Gasteiger partial charge < -0.3 is 5.11 Å². The van der Waals surface area contributed by atoms with Crippen LogP contribution in [0.4, 0.5) is 0 Å². The van der Waals surface area contributed by atoms with Crippen LogP contribution in [0.1, 0.15) is 20.1 Å². The smallest absolute Gasteiger partial charge is 0.303 e. The van der Waals surface area contributed by atoms with Crippen LogP contribution < -0.4 is 0 Å². The molecule has 0 bridgehead atoms. The predicted octanol–water partition coefficient (Wildman–Crippen LogP) is 0.100. The van der Waals surface area contributed by atoms with Crippen molar-refractivity contribution in [3.8, 4) is 0 Å². The van der Waals surface area contributed by atoms with Crippen molar-refractivity contribution in [2.75, 3.05) is 0 Å². The Hall–Kier alpha value is 0.470. The van der Waals surface area contributed by atoms with Gasteiger partial charge >= 0.3 is 5.97 Å². The molecule has 0 fully saturated rings. The molecular weight excluding hydrogens is 91.0 g/mol. The summed E-state index contributed by atoms with van der Waals surface area (Å²) in [7, 11) is 0. The Bertz CT molecular complexity index is 152.